The van der Waals surface area contributed by atoms with Crippen molar-refractivity contribution in [2.24, 2.45) is 0 Å². The summed E-state index contributed by atoms with van der Waals surface area (Å²) in [5, 5.41) is 2.96. The first-order valence-electron chi connectivity index (χ1n) is 4.22. The van der Waals surface area contributed by atoms with Crippen LogP contribution in [0.5, 0.6) is 0 Å². The lowest BCUT2D eigenvalue weighted by atomic mass is 10.2. The molecule has 3 heteroatoms. The number of hydrogen-bond donors (Lipinski definition) is 1. The molecular weight excluding hydrogens is 166 g/mol. The predicted octanol–water partition coefficient (Wildman–Crippen LogP) is 1.07. The van der Waals surface area contributed by atoms with Crippen LogP contribution in [0.25, 0.3) is 0 Å². The summed E-state index contributed by atoms with van der Waals surface area (Å²) in [5.41, 5.74) is 0. The van der Waals surface area contributed by atoms with Crippen LogP contribution in [-0.4, -0.2) is 19.6 Å². The Balaban J connectivity index is 3.21. The first-order valence-corrected chi connectivity index (χ1v) is 4.22. The van der Waals surface area contributed by atoms with Gasteiger partial charge in [0.1, 0.15) is 0 Å². The summed E-state index contributed by atoms with van der Waals surface area (Å²) in [6.45, 7) is 0.829. The average molecular weight is 181 g/mol. The smallest absolute Gasteiger partial charge is 0.331 e. The third-order valence-electron chi connectivity index (χ3n) is 1.43. The maximum absolute atomic E-state index is 10.6. The molecule has 0 spiro atoms. The highest BCUT2D eigenvalue weighted by molar-refractivity contribution is 5.81. The normalized spacial score (nSPS) is 9.54. The van der Waals surface area contributed by atoms with Crippen molar-refractivity contribution in [3.05, 3.63) is 12.3 Å². The van der Waals surface area contributed by atoms with Gasteiger partial charge < -0.3 is 10.1 Å². The molecule has 3 nitrogen and oxygen atoms in total. The summed E-state index contributed by atoms with van der Waals surface area (Å²) in [5.74, 6) is 2.22. The Kier molecular flexibility index (Phi) is 7.71. The average Bonchev–Trinajstić information content (AvgIpc) is 2.16. The van der Waals surface area contributed by atoms with Gasteiger partial charge in [-0.15, -0.1) is 12.3 Å². The number of esters is 1. The Morgan fingerprint density at radius 2 is 2.38 bits per heavy atom. The Morgan fingerprint density at radius 3 is 3.00 bits per heavy atom. The second-order valence-corrected chi connectivity index (χ2v) is 2.47. The highest BCUT2D eigenvalue weighted by Crippen LogP contribution is 1.90. The van der Waals surface area contributed by atoms with E-state index in [1.807, 2.05) is 0 Å². The maximum atomic E-state index is 10.6. The molecule has 1 N–H and O–H groups in total. The molecular formula is C10H15NO2. The van der Waals surface area contributed by atoms with Gasteiger partial charge in [0.25, 0.3) is 0 Å². The van der Waals surface area contributed by atoms with Crippen molar-refractivity contribution in [2.75, 3.05) is 13.7 Å². The van der Waals surface area contributed by atoms with Crippen molar-refractivity contribution in [2.45, 2.75) is 19.3 Å². The lowest BCUT2D eigenvalue weighted by Crippen LogP contribution is -2.08. The Hall–Kier alpha value is -1.43. The number of nitrogens with one attached hydrogen (secondary N) is 1. The molecule has 0 aromatic rings. The number of hydrogen-bond acceptors (Lipinski definition) is 3. The standard InChI is InChI=1S/C10H15NO2/c1-3-4-5-6-8-11-9-7-10(12)13-2/h1,7,9,11H,4-6,8H2,2H3/b9-7+. The Morgan fingerprint density at radius 1 is 1.62 bits per heavy atom. The molecule has 72 valence electrons. The summed E-state index contributed by atoms with van der Waals surface area (Å²) >= 11 is 0. The Labute approximate surface area is 79.2 Å². The molecule has 0 saturated heterocycles. The molecule has 0 aliphatic heterocycles. The lowest BCUT2D eigenvalue weighted by molar-refractivity contribution is -0.134. The van der Waals surface area contributed by atoms with E-state index in [-0.39, 0.29) is 5.97 Å². The zero-order valence-corrected chi connectivity index (χ0v) is 7.88. The van der Waals surface area contributed by atoms with Crippen LogP contribution in [-0.2, 0) is 9.53 Å². The van der Waals surface area contributed by atoms with E-state index < -0.39 is 0 Å². The molecule has 0 aromatic carbocycles. The zero-order valence-electron chi connectivity index (χ0n) is 7.88. The minimum Gasteiger partial charge on any atom is -0.466 e. The summed E-state index contributed by atoms with van der Waals surface area (Å²) < 4.78 is 4.40. The number of rotatable bonds is 6. The molecule has 0 unspecified atom stereocenters. The maximum Gasteiger partial charge on any atom is 0.331 e. The van der Waals surface area contributed by atoms with E-state index in [0.29, 0.717) is 0 Å². The van der Waals surface area contributed by atoms with E-state index in [1.165, 1.54) is 13.2 Å². The molecule has 0 aromatic heterocycles. The van der Waals surface area contributed by atoms with Crippen LogP contribution >= 0.6 is 0 Å². The fourth-order valence-corrected chi connectivity index (χ4v) is 0.732. The van der Waals surface area contributed by atoms with E-state index in [1.54, 1.807) is 6.20 Å². The quantitative estimate of drug-likeness (QED) is 0.288. The third kappa shape index (κ3) is 8.48. The van der Waals surface area contributed by atoms with Crippen LogP contribution in [0.1, 0.15) is 19.3 Å². The van der Waals surface area contributed by atoms with E-state index in [2.05, 4.69) is 16.0 Å². The summed E-state index contributed by atoms with van der Waals surface area (Å²) in [6.07, 6.45) is 10.8. The summed E-state index contributed by atoms with van der Waals surface area (Å²) in [6, 6.07) is 0. The lowest BCUT2D eigenvalue weighted by Gasteiger charge is -1.97. The highest BCUT2D eigenvalue weighted by atomic mass is 16.5. The van der Waals surface area contributed by atoms with Gasteiger partial charge in [-0.2, -0.15) is 0 Å². The SMILES string of the molecule is C#CCCCCN/C=C/C(=O)OC. The number of carbonyl (C=O) groups excluding carboxylic acids is 1. The van der Waals surface area contributed by atoms with Crippen LogP contribution in [0, 0.1) is 12.3 Å². The van der Waals surface area contributed by atoms with Gasteiger partial charge in [0.15, 0.2) is 0 Å². The second-order valence-electron chi connectivity index (χ2n) is 2.47. The zero-order chi connectivity index (χ0) is 9.94. The second kappa shape index (κ2) is 8.66. The molecule has 13 heavy (non-hydrogen) atoms. The monoisotopic (exact) mass is 181 g/mol. The van der Waals surface area contributed by atoms with E-state index in [4.69, 9.17) is 6.42 Å². The van der Waals surface area contributed by atoms with Crippen molar-refractivity contribution < 1.29 is 9.53 Å². The molecule has 0 bridgehead atoms. The number of terminal acetylenes is 1. The molecule has 0 saturated carbocycles. The fraction of sp³-hybridized carbons (Fsp3) is 0.500. The van der Waals surface area contributed by atoms with Gasteiger partial charge in [0, 0.05) is 25.2 Å². The van der Waals surface area contributed by atoms with Crippen molar-refractivity contribution in [1.82, 2.24) is 5.32 Å². The van der Waals surface area contributed by atoms with Crippen molar-refractivity contribution in [3.63, 3.8) is 0 Å². The highest BCUT2D eigenvalue weighted by Gasteiger charge is 1.88. The van der Waals surface area contributed by atoms with Crippen LogP contribution in [0.3, 0.4) is 0 Å². The van der Waals surface area contributed by atoms with Gasteiger partial charge in [-0.25, -0.2) is 4.79 Å². The van der Waals surface area contributed by atoms with Gasteiger partial charge in [-0.1, -0.05) is 0 Å². The molecule has 0 radical (unpaired) electrons. The number of methoxy groups -OCH3 is 1. The summed E-state index contributed by atoms with van der Waals surface area (Å²) in [4.78, 5) is 10.6. The predicted molar refractivity (Wildman–Crippen MR) is 51.8 cm³/mol. The van der Waals surface area contributed by atoms with E-state index in [9.17, 15) is 4.79 Å². The van der Waals surface area contributed by atoms with Gasteiger partial charge in [-0.05, 0) is 12.8 Å². The van der Waals surface area contributed by atoms with Crippen LogP contribution in [0.15, 0.2) is 12.3 Å². The number of unbranched alkanes of at least 4 members (excludes halogenated alkanes) is 2. The van der Waals surface area contributed by atoms with Crippen molar-refractivity contribution in [3.8, 4) is 12.3 Å². The van der Waals surface area contributed by atoms with Crippen molar-refractivity contribution >= 4 is 5.97 Å². The van der Waals surface area contributed by atoms with Crippen LogP contribution < -0.4 is 5.32 Å². The third-order valence-corrected chi connectivity index (χ3v) is 1.43. The largest absolute Gasteiger partial charge is 0.466 e. The first-order chi connectivity index (χ1) is 6.31. The molecule has 0 fully saturated rings. The molecule has 0 amide bonds. The van der Waals surface area contributed by atoms with E-state index in [0.717, 1.165) is 25.8 Å². The molecule has 0 atom stereocenters. The summed E-state index contributed by atoms with van der Waals surface area (Å²) in [7, 11) is 1.35. The van der Waals surface area contributed by atoms with Gasteiger partial charge in [0.2, 0.25) is 0 Å². The van der Waals surface area contributed by atoms with Gasteiger partial charge in [-0.3, -0.25) is 0 Å². The fourth-order valence-electron chi connectivity index (χ4n) is 0.732. The first kappa shape index (κ1) is 11.6. The van der Waals surface area contributed by atoms with Crippen LogP contribution in [0.2, 0.25) is 0 Å². The number of ether oxygens (including phenoxy) is 1. The Bertz CT molecular complexity index is 203. The number of carbonyl (C=O) groups is 1. The van der Waals surface area contributed by atoms with Crippen LogP contribution in [0.4, 0.5) is 0 Å². The molecule has 0 aliphatic rings. The molecule has 0 rings (SSSR count). The van der Waals surface area contributed by atoms with Gasteiger partial charge in [0.05, 0.1) is 7.11 Å². The topological polar surface area (TPSA) is 38.3 Å². The van der Waals surface area contributed by atoms with Gasteiger partial charge >= 0.3 is 5.97 Å². The van der Waals surface area contributed by atoms with Crippen molar-refractivity contribution in [1.29, 1.82) is 0 Å². The minimum atomic E-state index is -0.351. The minimum absolute atomic E-state index is 0.351. The molecule has 0 aliphatic carbocycles. The molecule has 0 heterocycles. The van der Waals surface area contributed by atoms with E-state index >= 15 is 0 Å².